The Morgan fingerprint density at radius 3 is 2.45 bits per heavy atom. The van der Waals surface area contributed by atoms with Crippen molar-refractivity contribution in [2.45, 2.75) is 18.9 Å². The van der Waals surface area contributed by atoms with E-state index in [-0.39, 0.29) is 23.4 Å². The first kappa shape index (κ1) is 29.6. The molecule has 3 N–H and O–H groups in total. The Kier molecular flexibility index (Phi) is 8.78. The fraction of sp³-hybridized carbons (Fsp3) is 0.312. The number of anilines is 3. The van der Waals surface area contributed by atoms with Crippen molar-refractivity contribution in [3.05, 3.63) is 83.0 Å². The van der Waals surface area contributed by atoms with Crippen molar-refractivity contribution in [3.8, 4) is 6.01 Å². The van der Waals surface area contributed by atoms with Crippen LogP contribution in [0, 0.1) is 0 Å². The minimum Gasteiger partial charge on any atom is -0.462 e. The lowest BCUT2D eigenvalue weighted by Gasteiger charge is -2.34. The van der Waals surface area contributed by atoms with Gasteiger partial charge in [0, 0.05) is 24.5 Å². The molecule has 3 heterocycles. The molecule has 11 nitrogen and oxygen atoms in total. The molecule has 0 bridgehead atoms. The molecule has 0 radical (unpaired) electrons. The van der Waals surface area contributed by atoms with Crippen LogP contribution in [-0.4, -0.2) is 84.2 Å². The number of carbonyl (C=O) groups is 2. The summed E-state index contributed by atoms with van der Waals surface area (Å²) in [6.45, 7) is 3.13. The molecule has 4 aromatic rings. The highest BCUT2D eigenvalue weighted by Crippen LogP contribution is 2.32. The number of carbonyl (C=O) groups excluding carboxylic acids is 2. The van der Waals surface area contributed by atoms with Gasteiger partial charge in [-0.2, -0.15) is 9.97 Å². The molecule has 2 fully saturated rings. The van der Waals surface area contributed by atoms with Gasteiger partial charge in [-0.25, -0.2) is 4.79 Å². The van der Waals surface area contributed by atoms with E-state index in [1.807, 2.05) is 35.2 Å². The van der Waals surface area contributed by atoms with Crippen molar-refractivity contribution >= 4 is 51.4 Å². The van der Waals surface area contributed by atoms with E-state index in [2.05, 4.69) is 27.2 Å². The number of nitrogens with one attached hydrogen (secondary N) is 1. The molecule has 2 aliphatic rings. The maximum Gasteiger partial charge on any atom is 0.357 e. The zero-order valence-corrected chi connectivity index (χ0v) is 25.2. The van der Waals surface area contributed by atoms with Crippen LogP contribution in [0.3, 0.4) is 0 Å². The molecular formula is C32H34ClN7O4. The summed E-state index contributed by atoms with van der Waals surface area (Å²) in [4.78, 5) is 45.2. The number of nitrogens with zero attached hydrogens (tertiary/aromatic N) is 5. The second-order valence-electron chi connectivity index (χ2n) is 10.9. The first-order valence-corrected chi connectivity index (χ1v) is 15.0. The average molecular weight is 616 g/mol. The van der Waals surface area contributed by atoms with E-state index in [1.54, 1.807) is 41.5 Å². The van der Waals surface area contributed by atoms with Gasteiger partial charge in [0.15, 0.2) is 11.5 Å². The van der Waals surface area contributed by atoms with Crippen LogP contribution in [0.4, 0.5) is 17.2 Å². The van der Waals surface area contributed by atoms with Gasteiger partial charge in [-0.1, -0.05) is 54.1 Å². The lowest BCUT2D eigenvalue weighted by Crippen LogP contribution is -2.47. The molecule has 12 heteroatoms. The molecule has 0 saturated carbocycles. The third-order valence-electron chi connectivity index (χ3n) is 8.06. The minimum absolute atomic E-state index is 0.00627. The molecule has 228 valence electrons. The fourth-order valence-corrected chi connectivity index (χ4v) is 5.88. The van der Waals surface area contributed by atoms with Crippen LogP contribution in [0.15, 0.2) is 66.7 Å². The van der Waals surface area contributed by atoms with Gasteiger partial charge in [-0.15, -0.1) is 5.06 Å². The Balaban J connectivity index is 1.24. The number of benzene rings is 3. The SMILES string of the molecule is CN1CCC[C@H]1COc1nc(C(=O)Nc2cccc3cccc(Cl)c23)c(N)c(N2CCN(OC(=O)c3ccccc3)CC2)n1. The molecule has 44 heavy (non-hydrogen) atoms. The van der Waals surface area contributed by atoms with E-state index in [1.165, 1.54) is 0 Å². The molecule has 0 unspecified atom stereocenters. The highest BCUT2D eigenvalue weighted by Gasteiger charge is 2.28. The Morgan fingerprint density at radius 1 is 0.977 bits per heavy atom. The van der Waals surface area contributed by atoms with Crippen LogP contribution in [0.2, 0.25) is 5.02 Å². The number of nitrogen functional groups attached to an aromatic ring is 1. The molecule has 1 atom stereocenters. The van der Waals surface area contributed by atoms with Gasteiger partial charge in [-0.3, -0.25) is 4.79 Å². The fourth-order valence-electron chi connectivity index (χ4n) is 5.59. The first-order chi connectivity index (χ1) is 21.4. The number of hydrogen-bond acceptors (Lipinski definition) is 10. The van der Waals surface area contributed by atoms with Gasteiger partial charge in [0.1, 0.15) is 12.3 Å². The molecule has 1 amide bonds. The van der Waals surface area contributed by atoms with Crippen LogP contribution in [0.25, 0.3) is 10.8 Å². The molecule has 2 saturated heterocycles. The monoisotopic (exact) mass is 615 g/mol. The lowest BCUT2D eigenvalue weighted by molar-refractivity contribution is -0.112. The lowest BCUT2D eigenvalue weighted by atomic mass is 10.1. The second kappa shape index (κ2) is 13.0. The van der Waals surface area contributed by atoms with Crippen LogP contribution >= 0.6 is 11.6 Å². The predicted molar refractivity (Wildman–Crippen MR) is 170 cm³/mol. The molecule has 2 aliphatic heterocycles. The van der Waals surface area contributed by atoms with E-state index in [9.17, 15) is 9.59 Å². The van der Waals surface area contributed by atoms with Gasteiger partial charge in [0.05, 0.1) is 29.4 Å². The van der Waals surface area contributed by atoms with Crippen molar-refractivity contribution in [2.24, 2.45) is 0 Å². The number of ether oxygens (including phenoxy) is 1. The van der Waals surface area contributed by atoms with E-state index >= 15 is 0 Å². The number of amides is 1. The van der Waals surface area contributed by atoms with Crippen molar-refractivity contribution in [1.29, 1.82) is 0 Å². The van der Waals surface area contributed by atoms with Gasteiger partial charge >= 0.3 is 12.0 Å². The smallest absolute Gasteiger partial charge is 0.357 e. The summed E-state index contributed by atoms with van der Waals surface area (Å²) < 4.78 is 6.07. The van der Waals surface area contributed by atoms with E-state index in [0.717, 1.165) is 30.2 Å². The number of likely N-dealkylation sites (N-methyl/N-ethyl adjacent to an activating group) is 1. The van der Waals surface area contributed by atoms with Crippen molar-refractivity contribution in [2.75, 3.05) is 62.3 Å². The quantitative estimate of drug-likeness (QED) is 0.293. The third kappa shape index (κ3) is 6.40. The van der Waals surface area contributed by atoms with Gasteiger partial charge in [0.2, 0.25) is 0 Å². The van der Waals surface area contributed by atoms with Crippen molar-refractivity contribution in [3.63, 3.8) is 0 Å². The van der Waals surface area contributed by atoms with Crippen LogP contribution in [-0.2, 0) is 4.84 Å². The average Bonchev–Trinajstić information content (AvgIpc) is 3.45. The summed E-state index contributed by atoms with van der Waals surface area (Å²) in [5.74, 6) is -0.526. The number of aromatic nitrogens is 2. The number of halogens is 1. The summed E-state index contributed by atoms with van der Waals surface area (Å²) in [5.41, 5.74) is 7.76. The summed E-state index contributed by atoms with van der Waals surface area (Å²) in [6.07, 6.45) is 2.11. The maximum absolute atomic E-state index is 13.7. The molecule has 3 aromatic carbocycles. The third-order valence-corrected chi connectivity index (χ3v) is 8.37. The normalized spacial score (nSPS) is 17.5. The van der Waals surface area contributed by atoms with Crippen LogP contribution in [0.1, 0.15) is 33.7 Å². The van der Waals surface area contributed by atoms with E-state index in [0.29, 0.717) is 54.9 Å². The Hall–Kier alpha value is -4.45. The number of rotatable bonds is 8. The first-order valence-electron chi connectivity index (χ1n) is 14.6. The van der Waals surface area contributed by atoms with Crippen molar-refractivity contribution < 1.29 is 19.2 Å². The zero-order valence-electron chi connectivity index (χ0n) is 24.4. The largest absolute Gasteiger partial charge is 0.462 e. The number of likely N-dealkylation sites (tertiary alicyclic amines) is 1. The summed E-state index contributed by atoms with van der Waals surface area (Å²) in [7, 11) is 2.06. The summed E-state index contributed by atoms with van der Waals surface area (Å²) in [6, 6.07) is 20.3. The second-order valence-corrected chi connectivity index (χ2v) is 11.3. The minimum atomic E-state index is -0.503. The molecular weight excluding hydrogens is 582 g/mol. The summed E-state index contributed by atoms with van der Waals surface area (Å²) in [5, 5.41) is 6.70. The van der Waals surface area contributed by atoms with Crippen LogP contribution < -0.4 is 20.7 Å². The Labute approximate surface area is 260 Å². The Bertz CT molecular complexity index is 1660. The molecule has 6 rings (SSSR count). The van der Waals surface area contributed by atoms with E-state index < -0.39 is 11.9 Å². The van der Waals surface area contributed by atoms with Gasteiger partial charge < -0.3 is 30.4 Å². The number of hydroxylamine groups is 2. The van der Waals surface area contributed by atoms with Gasteiger partial charge in [-0.05, 0) is 56.1 Å². The maximum atomic E-state index is 13.7. The predicted octanol–water partition coefficient (Wildman–Crippen LogP) is 4.48. The molecule has 0 spiro atoms. The highest BCUT2D eigenvalue weighted by molar-refractivity contribution is 6.37. The number of nitrogens with two attached hydrogens (primary N) is 1. The Morgan fingerprint density at radius 2 is 1.73 bits per heavy atom. The molecule has 0 aliphatic carbocycles. The van der Waals surface area contributed by atoms with Crippen LogP contribution in [0.5, 0.6) is 6.01 Å². The summed E-state index contributed by atoms with van der Waals surface area (Å²) >= 11 is 6.50. The molecule has 1 aromatic heterocycles. The standard InChI is InChI=1S/C32H34ClN7O4/c1-38-15-7-12-23(38)20-43-32-36-28(30(41)35-25-14-6-11-21-10-5-13-24(33)26(21)25)27(34)29(37-32)39-16-18-40(19-17-39)44-31(42)22-8-3-2-4-9-22/h2-6,8-11,13-14,23H,7,12,15-20,34H2,1H3,(H,35,41)/t23-/m0/s1. The number of fused-ring (bicyclic) bond motifs is 1. The number of hydrogen-bond donors (Lipinski definition) is 2. The highest BCUT2D eigenvalue weighted by atomic mass is 35.5. The topological polar surface area (TPSA) is 126 Å². The van der Waals surface area contributed by atoms with Gasteiger partial charge in [0.25, 0.3) is 5.91 Å². The number of piperazine rings is 1. The van der Waals surface area contributed by atoms with E-state index in [4.69, 9.17) is 26.9 Å². The van der Waals surface area contributed by atoms with Crippen molar-refractivity contribution in [1.82, 2.24) is 19.9 Å². The zero-order chi connectivity index (χ0) is 30.6.